The Balaban J connectivity index is 2.95. The van der Waals surface area contributed by atoms with Crippen molar-refractivity contribution in [3.8, 4) is 10.7 Å². The number of rotatable bonds is 2. The molecule has 0 saturated heterocycles. The van der Waals surface area contributed by atoms with Gasteiger partial charge in [0.2, 0.25) is 0 Å². The average Bonchev–Trinajstić information content (AvgIpc) is 1.81. The van der Waals surface area contributed by atoms with Crippen LogP contribution in [0.3, 0.4) is 0 Å². The molecular formula is C6H10OSe. The average molecular weight is 177 g/mol. The molecule has 0 rings (SSSR count). The summed E-state index contributed by atoms with van der Waals surface area (Å²) in [6.07, 6.45) is 0. The number of ether oxygens (including phenoxy) is 1. The monoisotopic (exact) mass is 178 g/mol. The van der Waals surface area contributed by atoms with Gasteiger partial charge in [-0.15, -0.1) is 0 Å². The van der Waals surface area contributed by atoms with Crippen LogP contribution in [0, 0.1) is 10.7 Å². The van der Waals surface area contributed by atoms with Gasteiger partial charge in [-0.2, -0.15) is 0 Å². The first kappa shape index (κ1) is 8.04. The molecule has 0 N–H and O–H groups in total. The zero-order valence-corrected chi connectivity index (χ0v) is 6.94. The first-order chi connectivity index (χ1) is 3.91. The molecule has 0 aromatic carbocycles. The Labute approximate surface area is 57.0 Å². The maximum atomic E-state index is 4.72. The molecule has 2 heteroatoms. The van der Waals surface area contributed by atoms with Crippen molar-refractivity contribution >= 4 is 15.0 Å². The molecule has 0 aliphatic carbocycles. The zero-order valence-electron chi connectivity index (χ0n) is 5.23. The molecule has 0 aromatic rings. The molecule has 0 fully saturated rings. The molecule has 0 aromatic heterocycles. The molecule has 0 aliphatic rings. The van der Waals surface area contributed by atoms with E-state index in [0.717, 1.165) is 0 Å². The Morgan fingerprint density at radius 3 is 2.88 bits per heavy atom. The Morgan fingerprint density at radius 2 is 2.38 bits per heavy atom. The van der Waals surface area contributed by atoms with Gasteiger partial charge in [0.1, 0.15) is 0 Å². The van der Waals surface area contributed by atoms with Crippen LogP contribution >= 0.6 is 0 Å². The molecule has 1 nitrogen and oxygen atoms in total. The van der Waals surface area contributed by atoms with Crippen LogP contribution in [-0.4, -0.2) is 28.7 Å². The van der Waals surface area contributed by atoms with Crippen LogP contribution in [0.1, 0.15) is 6.92 Å². The van der Waals surface area contributed by atoms with E-state index in [-0.39, 0.29) is 0 Å². The second-order valence-corrected chi connectivity index (χ2v) is 3.39. The van der Waals surface area contributed by atoms with E-state index >= 15 is 0 Å². The van der Waals surface area contributed by atoms with Crippen LogP contribution in [0.5, 0.6) is 0 Å². The SMILES string of the molecule is CC[Se]C#CCOC. The second-order valence-electron chi connectivity index (χ2n) is 1.14. The normalized spacial score (nSPS) is 7.75. The van der Waals surface area contributed by atoms with Crippen LogP contribution in [0.2, 0.25) is 5.32 Å². The van der Waals surface area contributed by atoms with Crippen molar-refractivity contribution in [1.29, 1.82) is 0 Å². The Bertz CT molecular complexity index is 80.4. The molecular weight excluding hydrogens is 167 g/mol. The zero-order chi connectivity index (χ0) is 6.24. The summed E-state index contributed by atoms with van der Waals surface area (Å²) < 4.78 is 4.72. The summed E-state index contributed by atoms with van der Waals surface area (Å²) in [7, 11) is 1.66. The van der Waals surface area contributed by atoms with E-state index in [9.17, 15) is 0 Å². The van der Waals surface area contributed by atoms with Crippen LogP contribution in [-0.2, 0) is 4.74 Å². The number of hydrogen-bond acceptors (Lipinski definition) is 1. The third kappa shape index (κ3) is 6.04. The predicted octanol–water partition coefficient (Wildman–Crippen LogP) is 0.736. The van der Waals surface area contributed by atoms with E-state index in [4.69, 9.17) is 4.74 Å². The summed E-state index contributed by atoms with van der Waals surface area (Å²) in [5.74, 6) is 2.89. The van der Waals surface area contributed by atoms with Crippen molar-refractivity contribution in [3.05, 3.63) is 0 Å². The van der Waals surface area contributed by atoms with E-state index < -0.39 is 0 Å². The van der Waals surface area contributed by atoms with Gasteiger partial charge in [0.15, 0.2) is 0 Å². The van der Waals surface area contributed by atoms with E-state index in [1.165, 1.54) is 5.32 Å². The first-order valence-corrected chi connectivity index (χ1v) is 4.57. The molecule has 8 heavy (non-hydrogen) atoms. The van der Waals surface area contributed by atoms with Crippen molar-refractivity contribution in [2.24, 2.45) is 0 Å². The first-order valence-electron chi connectivity index (χ1n) is 2.50. The summed E-state index contributed by atoms with van der Waals surface area (Å²) in [5.41, 5.74) is 0. The van der Waals surface area contributed by atoms with Gasteiger partial charge < -0.3 is 0 Å². The molecule has 0 aliphatic heterocycles. The van der Waals surface area contributed by atoms with Crippen molar-refractivity contribution in [3.63, 3.8) is 0 Å². The van der Waals surface area contributed by atoms with Crippen LogP contribution in [0.25, 0.3) is 0 Å². The molecule has 0 heterocycles. The number of hydrogen-bond donors (Lipinski definition) is 0. The minimum absolute atomic E-state index is 0.526. The molecule has 0 saturated carbocycles. The van der Waals surface area contributed by atoms with Crippen molar-refractivity contribution in [2.45, 2.75) is 12.2 Å². The third-order valence-electron chi connectivity index (χ3n) is 0.505. The summed E-state index contributed by atoms with van der Waals surface area (Å²) in [6, 6.07) is 0. The summed E-state index contributed by atoms with van der Waals surface area (Å²) in [5, 5.41) is 1.20. The predicted molar refractivity (Wildman–Crippen MR) is 35.9 cm³/mol. The summed E-state index contributed by atoms with van der Waals surface area (Å²) in [4.78, 5) is 3.02. The topological polar surface area (TPSA) is 9.23 Å². The molecule has 0 spiro atoms. The second kappa shape index (κ2) is 7.04. The van der Waals surface area contributed by atoms with E-state index in [2.05, 4.69) is 17.7 Å². The quantitative estimate of drug-likeness (QED) is 0.446. The van der Waals surface area contributed by atoms with Gasteiger partial charge >= 0.3 is 56.4 Å². The van der Waals surface area contributed by atoms with Gasteiger partial charge in [0.25, 0.3) is 0 Å². The molecule has 0 amide bonds. The Morgan fingerprint density at radius 1 is 1.62 bits per heavy atom. The van der Waals surface area contributed by atoms with Gasteiger partial charge in [-0.1, -0.05) is 0 Å². The van der Waals surface area contributed by atoms with Gasteiger partial charge in [0.05, 0.1) is 0 Å². The van der Waals surface area contributed by atoms with Crippen molar-refractivity contribution < 1.29 is 4.74 Å². The summed E-state index contributed by atoms with van der Waals surface area (Å²) >= 11 is 0.526. The van der Waals surface area contributed by atoms with Gasteiger partial charge in [0, 0.05) is 0 Å². The molecule has 46 valence electrons. The van der Waals surface area contributed by atoms with E-state index in [0.29, 0.717) is 21.6 Å². The van der Waals surface area contributed by atoms with Crippen molar-refractivity contribution in [2.75, 3.05) is 13.7 Å². The summed E-state index contributed by atoms with van der Waals surface area (Å²) in [6.45, 7) is 2.73. The molecule has 0 bridgehead atoms. The van der Waals surface area contributed by atoms with E-state index in [1.807, 2.05) is 0 Å². The molecule has 0 unspecified atom stereocenters. The van der Waals surface area contributed by atoms with Gasteiger partial charge in [-0.05, 0) is 0 Å². The van der Waals surface area contributed by atoms with Crippen LogP contribution < -0.4 is 0 Å². The van der Waals surface area contributed by atoms with Gasteiger partial charge in [-0.25, -0.2) is 0 Å². The van der Waals surface area contributed by atoms with Crippen LogP contribution in [0.15, 0.2) is 0 Å². The maximum absolute atomic E-state index is 4.72. The fraction of sp³-hybridized carbons (Fsp3) is 0.667. The van der Waals surface area contributed by atoms with E-state index in [1.54, 1.807) is 7.11 Å². The Hall–Kier alpha value is 0.0395. The third-order valence-corrected chi connectivity index (χ3v) is 1.72. The molecule has 0 atom stereocenters. The number of methoxy groups -OCH3 is 1. The Kier molecular flexibility index (Phi) is 7.07. The fourth-order valence-corrected chi connectivity index (χ4v) is 0.865. The minimum atomic E-state index is 0.526. The standard InChI is InChI=1S/C6H10OSe/c1-3-8-6-4-5-7-2/h3,5H2,1-2H3. The molecule has 0 radical (unpaired) electrons. The van der Waals surface area contributed by atoms with Gasteiger partial charge in [-0.3, -0.25) is 0 Å². The van der Waals surface area contributed by atoms with Crippen molar-refractivity contribution in [1.82, 2.24) is 0 Å². The fourth-order valence-electron chi connectivity index (χ4n) is 0.225. The van der Waals surface area contributed by atoms with Crippen LogP contribution in [0.4, 0.5) is 0 Å².